The quantitative estimate of drug-likeness (QED) is 0.542. The number of nitrogens with one attached hydrogen (secondary N) is 1. The van der Waals surface area contributed by atoms with Crippen LogP contribution in [-0.4, -0.2) is 37.8 Å². The van der Waals surface area contributed by atoms with Gasteiger partial charge in [0, 0.05) is 36.8 Å². The predicted molar refractivity (Wildman–Crippen MR) is 101 cm³/mol. The molecule has 3 rings (SSSR count). The van der Waals surface area contributed by atoms with E-state index in [0.29, 0.717) is 36.8 Å². The van der Waals surface area contributed by atoms with Crippen molar-refractivity contribution in [1.82, 2.24) is 10.2 Å². The summed E-state index contributed by atoms with van der Waals surface area (Å²) in [5.74, 6) is 0.486. The molecule has 1 aliphatic heterocycles. The Morgan fingerprint density at radius 1 is 1.29 bits per heavy atom. The van der Waals surface area contributed by atoms with E-state index in [-0.39, 0.29) is 11.0 Å². The Kier molecular flexibility index (Phi) is 6.61. The number of aryl methyl sites for hydroxylation is 1. The number of benzene rings is 1. The minimum absolute atomic E-state index is 0.0256. The van der Waals surface area contributed by atoms with Crippen molar-refractivity contribution in [2.75, 3.05) is 32.9 Å². The number of halogens is 3. The van der Waals surface area contributed by atoms with E-state index >= 15 is 0 Å². The van der Waals surface area contributed by atoms with Crippen molar-refractivity contribution in [1.29, 1.82) is 0 Å². The van der Waals surface area contributed by atoms with E-state index in [1.807, 2.05) is 6.92 Å². The second kappa shape index (κ2) is 8.96. The number of alkyl halides is 3. The molecule has 154 valence electrons. The number of rotatable bonds is 8. The lowest BCUT2D eigenvalue weighted by Crippen LogP contribution is -2.23. The van der Waals surface area contributed by atoms with Crippen molar-refractivity contribution < 1.29 is 22.3 Å². The largest absolute Gasteiger partial charge is 0.493 e. The van der Waals surface area contributed by atoms with Crippen LogP contribution in [0.3, 0.4) is 0 Å². The zero-order chi connectivity index (χ0) is 20.1. The highest BCUT2D eigenvalue weighted by Crippen LogP contribution is 2.37. The monoisotopic (exact) mass is 398 g/mol. The van der Waals surface area contributed by atoms with Gasteiger partial charge in [0.1, 0.15) is 11.3 Å². The molecule has 1 aromatic carbocycles. The van der Waals surface area contributed by atoms with Crippen LogP contribution in [0.15, 0.2) is 27.4 Å². The van der Waals surface area contributed by atoms with E-state index in [0.717, 1.165) is 39.1 Å². The van der Waals surface area contributed by atoms with Gasteiger partial charge in [-0.05, 0) is 37.9 Å². The van der Waals surface area contributed by atoms with Crippen molar-refractivity contribution in [3.05, 3.63) is 39.7 Å². The standard InChI is InChI=1S/C20H25F3N2O3/c1-2-5-15-17(27-11-4-3-9-25-10-8-24-13-25)7-6-14-16(20(21,22)23)12-18(26)28-19(14)15/h6-7,12,24H,2-5,8-11,13H2,1H3. The van der Waals surface area contributed by atoms with Crippen LogP contribution in [0.4, 0.5) is 13.2 Å². The third-order valence-corrected chi connectivity index (χ3v) is 4.84. The summed E-state index contributed by atoms with van der Waals surface area (Å²) in [6.07, 6.45) is -1.64. The molecule has 0 spiro atoms. The van der Waals surface area contributed by atoms with Crippen LogP contribution < -0.4 is 15.7 Å². The molecular formula is C20H25F3N2O3. The summed E-state index contributed by atoms with van der Waals surface area (Å²) in [7, 11) is 0. The highest BCUT2D eigenvalue weighted by molar-refractivity contribution is 5.85. The van der Waals surface area contributed by atoms with E-state index in [4.69, 9.17) is 9.15 Å². The Hall–Kier alpha value is -2.06. The number of unbranched alkanes of at least 4 members (excludes halogenated alkanes) is 1. The first kappa shape index (κ1) is 20.7. The first-order valence-electron chi connectivity index (χ1n) is 9.63. The van der Waals surface area contributed by atoms with E-state index in [1.165, 1.54) is 6.07 Å². The average molecular weight is 398 g/mol. The van der Waals surface area contributed by atoms with Gasteiger partial charge < -0.3 is 14.5 Å². The van der Waals surface area contributed by atoms with Crippen LogP contribution in [0.2, 0.25) is 0 Å². The number of fused-ring (bicyclic) bond motifs is 1. The van der Waals surface area contributed by atoms with Gasteiger partial charge in [0.25, 0.3) is 0 Å². The molecule has 2 aromatic rings. The van der Waals surface area contributed by atoms with Gasteiger partial charge in [0.15, 0.2) is 0 Å². The second-order valence-electron chi connectivity index (χ2n) is 6.98. The number of hydrogen-bond donors (Lipinski definition) is 1. The van der Waals surface area contributed by atoms with Crippen LogP contribution in [0.5, 0.6) is 5.75 Å². The Balaban J connectivity index is 1.78. The maximum atomic E-state index is 13.3. The van der Waals surface area contributed by atoms with E-state index in [9.17, 15) is 18.0 Å². The molecular weight excluding hydrogens is 373 g/mol. The van der Waals surface area contributed by atoms with Crippen molar-refractivity contribution in [2.24, 2.45) is 0 Å². The Morgan fingerprint density at radius 3 is 2.79 bits per heavy atom. The summed E-state index contributed by atoms with van der Waals surface area (Å²) in [4.78, 5) is 14.1. The molecule has 1 aromatic heterocycles. The summed E-state index contributed by atoms with van der Waals surface area (Å²) in [6.45, 7) is 6.34. The van der Waals surface area contributed by atoms with Crippen LogP contribution in [0.25, 0.3) is 11.0 Å². The molecule has 0 saturated carbocycles. The Bertz CT molecular complexity index is 858. The molecule has 2 heterocycles. The normalized spacial score (nSPS) is 15.4. The molecule has 5 nitrogen and oxygen atoms in total. The summed E-state index contributed by atoms with van der Waals surface area (Å²) < 4.78 is 51.0. The van der Waals surface area contributed by atoms with Crippen molar-refractivity contribution in [3.63, 3.8) is 0 Å². The van der Waals surface area contributed by atoms with Crippen LogP contribution in [-0.2, 0) is 12.6 Å². The number of nitrogens with zero attached hydrogens (tertiary/aromatic N) is 1. The van der Waals surface area contributed by atoms with Gasteiger partial charge in [0.2, 0.25) is 0 Å². The zero-order valence-electron chi connectivity index (χ0n) is 15.9. The van der Waals surface area contributed by atoms with Crippen LogP contribution in [0, 0.1) is 0 Å². The van der Waals surface area contributed by atoms with Crippen molar-refractivity contribution in [2.45, 2.75) is 38.8 Å². The van der Waals surface area contributed by atoms with Crippen molar-refractivity contribution in [3.8, 4) is 5.75 Å². The van der Waals surface area contributed by atoms with E-state index in [1.54, 1.807) is 6.07 Å². The zero-order valence-corrected chi connectivity index (χ0v) is 15.9. The molecule has 1 aliphatic rings. The van der Waals surface area contributed by atoms with Gasteiger partial charge in [-0.15, -0.1) is 0 Å². The highest BCUT2D eigenvalue weighted by Gasteiger charge is 2.34. The van der Waals surface area contributed by atoms with Gasteiger partial charge in [-0.2, -0.15) is 13.2 Å². The van der Waals surface area contributed by atoms with Gasteiger partial charge in [-0.3, -0.25) is 4.90 Å². The molecule has 0 bridgehead atoms. The minimum atomic E-state index is -4.62. The number of hydrogen-bond acceptors (Lipinski definition) is 5. The maximum absolute atomic E-state index is 13.3. The lowest BCUT2D eigenvalue weighted by atomic mass is 10.0. The predicted octanol–water partition coefficient (Wildman–Crippen LogP) is 3.79. The molecule has 1 N–H and O–H groups in total. The highest BCUT2D eigenvalue weighted by atomic mass is 19.4. The van der Waals surface area contributed by atoms with Gasteiger partial charge in [0.05, 0.1) is 12.2 Å². The molecule has 1 saturated heterocycles. The molecule has 28 heavy (non-hydrogen) atoms. The molecule has 0 unspecified atom stereocenters. The first-order valence-corrected chi connectivity index (χ1v) is 9.63. The van der Waals surface area contributed by atoms with Crippen LogP contribution >= 0.6 is 0 Å². The number of ether oxygens (including phenoxy) is 1. The first-order chi connectivity index (χ1) is 13.4. The molecule has 0 amide bonds. The molecule has 0 atom stereocenters. The minimum Gasteiger partial charge on any atom is -0.493 e. The van der Waals surface area contributed by atoms with Gasteiger partial charge in [-0.25, -0.2) is 4.79 Å². The van der Waals surface area contributed by atoms with Gasteiger partial charge in [-0.1, -0.05) is 13.3 Å². The van der Waals surface area contributed by atoms with Gasteiger partial charge >= 0.3 is 11.8 Å². The average Bonchev–Trinajstić information content (AvgIpc) is 3.15. The summed E-state index contributed by atoms with van der Waals surface area (Å²) in [5.41, 5.74) is -1.48. The smallest absolute Gasteiger partial charge is 0.417 e. The molecule has 1 fully saturated rings. The Morgan fingerprint density at radius 2 is 2.11 bits per heavy atom. The van der Waals surface area contributed by atoms with E-state index in [2.05, 4.69) is 10.2 Å². The maximum Gasteiger partial charge on any atom is 0.417 e. The van der Waals surface area contributed by atoms with Crippen molar-refractivity contribution >= 4 is 11.0 Å². The summed E-state index contributed by atoms with van der Waals surface area (Å²) in [5, 5.41) is 3.17. The molecule has 0 radical (unpaired) electrons. The third-order valence-electron chi connectivity index (χ3n) is 4.84. The lowest BCUT2D eigenvalue weighted by molar-refractivity contribution is -0.136. The summed E-state index contributed by atoms with van der Waals surface area (Å²) >= 11 is 0. The fraction of sp³-hybridized carbons (Fsp3) is 0.550. The summed E-state index contributed by atoms with van der Waals surface area (Å²) in [6, 6.07) is 3.38. The lowest BCUT2D eigenvalue weighted by Gasteiger charge is -2.16. The fourth-order valence-corrected chi connectivity index (χ4v) is 3.48. The topological polar surface area (TPSA) is 54.7 Å². The van der Waals surface area contributed by atoms with Crippen LogP contribution in [0.1, 0.15) is 37.3 Å². The van der Waals surface area contributed by atoms with E-state index < -0.39 is 17.4 Å². The third kappa shape index (κ3) is 4.86. The molecule has 0 aliphatic carbocycles. The Labute approximate surface area is 161 Å². The SMILES string of the molecule is CCCc1c(OCCCCN2CCNC2)ccc2c(C(F)(F)F)cc(=O)oc12. The fourth-order valence-electron chi connectivity index (χ4n) is 3.48. The second-order valence-corrected chi connectivity index (χ2v) is 6.98. The molecule has 8 heteroatoms.